The maximum Gasteiger partial charge on any atom is 0.231 e. The van der Waals surface area contributed by atoms with E-state index in [1.165, 1.54) is 18.4 Å². The van der Waals surface area contributed by atoms with E-state index in [0.717, 1.165) is 24.7 Å². The van der Waals surface area contributed by atoms with Crippen LogP contribution < -0.4 is 14.8 Å². The van der Waals surface area contributed by atoms with Crippen molar-refractivity contribution < 1.29 is 14.2 Å². The van der Waals surface area contributed by atoms with E-state index >= 15 is 0 Å². The van der Waals surface area contributed by atoms with E-state index in [-0.39, 0.29) is 5.41 Å². The summed E-state index contributed by atoms with van der Waals surface area (Å²) in [5, 5.41) is 3.74. The summed E-state index contributed by atoms with van der Waals surface area (Å²) in [6, 6.07) is 6.72. The second-order valence-electron chi connectivity index (χ2n) is 6.97. The maximum atomic E-state index is 5.96. The van der Waals surface area contributed by atoms with Crippen molar-refractivity contribution >= 4 is 0 Å². The van der Waals surface area contributed by atoms with Crippen LogP contribution in [0.4, 0.5) is 0 Å². The van der Waals surface area contributed by atoms with Gasteiger partial charge in [-0.05, 0) is 30.5 Å². The normalized spacial score (nSPS) is 32.4. The topological polar surface area (TPSA) is 39.7 Å². The van der Waals surface area contributed by atoms with E-state index in [1.807, 2.05) is 6.07 Å². The van der Waals surface area contributed by atoms with Gasteiger partial charge in [0, 0.05) is 30.5 Å². The highest BCUT2D eigenvalue weighted by molar-refractivity contribution is 5.44. The molecule has 21 heavy (non-hydrogen) atoms. The number of benzene rings is 1. The molecule has 4 rings (SSSR count). The standard InChI is InChI=1S/C17H23NO3/c1-17(2)15(12-4-3-7-19-16(12)17)18-9-11-5-6-13-14(8-11)21-10-20-13/h5-6,8,12,15-16,18H,3-4,7,9-10H2,1-2H3/t12-,15+,16-/m0/s1. The van der Waals surface area contributed by atoms with E-state index in [1.54, 1.807) is 0 Å². The van der Waals surface area contributed by atoms with Crippen molar-refractivity contribution in [1.29, 1.82) is 0 Å². The van der Waals surface area contributed by atoms with Gasteiger partial charge in [0.2, 0.25) is 6.79 Å². The molecule has 114 valence electrons. The maximum absolute atomic E-state index is 5.96. The molecule has 3 atom stereocenters. The van der Waals surface area contributed by atoms with Crippen LogP contribution in [0.5, 0.6) is 11.5 Å². The molecule has 2 aliphatic heterocycles. The molecule has 4 nitrogen and oxygen atoms in total. The molecule has 1 aromatic carbocycles. The van der Waals surface area contributed by atoms with Gasteiger partial charge in [0.15, 0.2) is 11.5 Å². The van der Waals surface area contributed by atoms with E-state index in [9.17, 15) is 0 Å². The largest absolute Gasteiger partial charge is 0.454 e. The molecule has 0 radical (unpaired) electrons. The van der Waals surface area contributed by atoms with Gasteiger partial charge in [0.05, 0.1) is 6.10 Å². The molecule has 1 saturated heterocycles. The number of rotatable bonds is 3. The van der Waals surface area contributed by atoms with Crippen LogP contribution in [0, 0.1) is 11.3 Å². The number of fused-ring (bicyclic) bond motifs is 2. The van der Waals surface area contributed by atoms with Crippen LogP contribution >= 0.6 is 0 Å². The molecule has 0 amide bonds. The van der Waals surface area contributed by atoms with Crippen molar-refractivity contribution in [3.8, 4) is 11.5 Å². The van der Waals surface area contributed by atoms with Crippen LogP contribution in [0.1, 0.15) is 32.3 Å². The molecule has 0 spiro atoms. The molecule has 0 aromatic heterocycles. The van der Waals surface area contributed by atoms with Crippen LogP contribution in [0.15, 0.2) is 18.2 Å². The minimum atomic E-state index is 0.224. The Bertz CT molecular complexity index is 543. The van der Waals surface area contributed by atoms with Gasteiger partial charge >= 0.3 is 0 Å². The highest BCUT2D eigenvalue weighted by Gasteiger charge is 2.57. The lowest BCUT2D eigenvalue weighted by Gasteiger charge is -2.60. The lowest BCUT2D eigenvalue weighted by atomic mass is 9.55. The summed E-state index contributed by atoms with van der Waals surface area (Å²) in [6.45, 7) is 6.77. The Hall–Kier alpha value is -1.26. The SMILES string of the molecule is CC1(C)[C@H](NCc2ccc3c(c2)OCO3)[C@@H]2CCCO[C@@H]21. The molecule has 1 aromatic rings. The molecule has 1 aliphatic carbocycles. The van der Waals surface area contributed by atoms with E-state index in [2.05, 4.69) is 31.3 Å². The fourth-order valence-corrected chi connectivity index (χ4v) is 4.22. The van der Waals surface area contributed by atoms with E-state index in [4.69, 9.17) is 14.2 Å². The summed E-state index contributed by atoms with van der Waals surface area (Å²) >= 11 is 0. The van der Waals surface area contributed by atoms with Crippen molar-refractivity contribution in [2.75, 3.05) is 13.4 Å². The molecule has 3 aliphatic rings. The molecule has 0 unspecified atom stereocenters. The molecule has 1 saturated carbocycles. The van der Waals surface area contributed by atoms with Gasteiger partial charge in [-0.3, -0.25) is 0 Å². The minimum absolute atomic E-state index is 0.224. The zero-order valence-corrected chi connectivity index (χ0v) is 12.7. The fourth-order valence-electron chi connectivity index (χ4n) is 4.22. The molecule has 0 bridgehead atoms. The number of nitrogens with one attached hydrogen (secondary N) is 1. The quantitative estimate of drug-likeness (QED) is 0.928. The van der Waals surface area contributed by atoms with Gasteiger partial charge in [0.25, 0.3) is 0 Å². The third-order valence-corrected chi connectivity index (χ3v) is 5.29. The van der Waals surface area contributed by atoms with Crippen molar-refractivity contribution in [2.24, 2.45) is 11.3 Å². The molecular weight excluding hydrogens is 266 g/mol. The third kappa shape index (κ3) is 2.12. The Morgan fingerprint density at radius 3 is 3.00 bits per heavy atom. The summed E-state index contributed by atoms with van der Waals surface area (Å²) in [6.07, 6.45) is 2.91. The van der Waals surface area contributed by atoms with Crippen molar-refractivity contribution in [3.63, 3.8) is 0 Å². The van der Waals surface area contributed by atoms with Gasteiger partial charge in [-0.2, -0.15) is 0 Å². The van der Waals surface area contributed by atoms with Crippen LogP contribution in [-0.4, -0.2) is 25.5 Å². The molecule has 2 heterocycles. The Labute approximate surface area is 125 Å². The second-order valence-corrected chi connectivity index (χ2v) is 6.97. The first kappa shape index (κ1) is 13.4. The average Bonchev–Trinajstić information content (AvgIpc) is 2.95. The van der Waals surface area contributed by atoms with Crippen molar-refractivity contribution in [3.05, 3.63) is 23.8 Å². The smallest absolute Gasteiger partial charge is 0.231 e. The van der Waals surface area contributed by atoms with Gasteiger partial charge in [-0.25, -0.2) is 0 Å². The minimum Gasteiger partial charge on any atom is -0.454 e. The Morgan fingerprint density at radius 1 is 1.24 bits per heavy atom. The Morgan fingerprint density at radius 2 is 2.10 bits per heavy atom. The molecule has 2 fully saturated rings. The molecular formula is C17H23NO3. The van der Waals surface area contributed by atoms with E-state index < -0.39 is 0 Å². The predicted molar refractivity (Wildman–Crippen MR) is 79.4 cm³/mol. The lowest BCUT2D eigenvalue weighted by molar-refractivity contribution is -0.192. The highest BCUT2D eigenvalue weighted by atomic mass is 16.7. The van der Waals surface area contributed by atoms with Crippen LogP contribution in [0.3, 0.4) is 0 Å². The van der Waals surface area contributed by atoms with Crippen molar-refractivity contribution in [1.82, 2.24) is 5.32 Å². The second kappa shape index (κ2) is 4.89. The molecule has 4 heteroatoms. The summed E-state index contributed by atoms with van der Waals surface area (Å²) in [5.41, 5.74) is 1.47. The van der Waals surface area contributed by atoms with Crippen molar-refractivity contribution in [2.45, 2.75) is 45.4 Å². The fraction of sp³-hybridized carbons (Fsp3) is 0.647. The van der Waals surface area contributed by atoms with E-state index in [0.29, 0.717) is 24.9 Å². The Balaban J connectivity index is 1.42. The van der Waals surface area contributed by atoms with Gasteiger partial charge in [-0.15, -0.1) is 0 Å². The van der Waals surface area contributed by atoms with Crippen LogP contribution in [-0.2, 0) is 11.3 Å². The third-order valence-electron chi connectivity index (χ3n) is 5.29. The van der Waals surface area contributed by atoms with Gasteiger partial charge in [-0.1, -0.05) is 19.9 Å². The number of hydrogen-bond donors (Lipinski definition) is 1. The first-order valence-corrected chi connectivity index (χ1v) is 7.90. The highest BCUT2D eigenvalue weighted by Crippen LogP contribution is 2.51. The first-order valence-electron chi connectivity index (χ1n) is 7.90. The summed E-state index contributed by atoms with van der Waals surface area (Å²) in [5.74, 6) is 2.38. The molecule has 1 N–H and O–H groups in total. The predicted octanol–water partition coefficient (Wildman–Crippen LogP) is 2.71. The van der Waals surface area contributed by atoms with Crippen LogP contribution in [0.2, 0.25) is 0 Å². The monoisotopic (exact) mass is 289 g/mol. The zero-order chi connectivity index (χ0) is 14.4. The van der Waals surface area contributed by atoms with Gasteiger partial charge in [0.1, 0.15) is 0 Å². The van der Waals surface area contributed by atoms with Crippen LogP contribution in [0.25, 0.3) is 0 Å². The Kier molecular flexibility index (Phi) is 3.12. The summed E-state index contributed by atoms with van der Waals surface area (Å²) in [4.78, 5) is 0. The lowest BCUT2D eigenvalue weighted by Crippen LogP contribution is -2.69. The summed E-state index contributed by atoms with van der Waals surface area (Å²) < 4.78 is 16.8. The van der Waals surface area contributed by atoms with Gasteiger partial charge < -0.3 is 19.5 Å². The number of ether oxygens (including phenoxy) is 3. The number of hydrogen-bond acceptors (Lipinski definition) is 4. The summed E-state index contributed by atoms with van der Waals surface area (Å²) in [7, 11) is 0. The zero-order valence-electron chi connectivity index (χ0n) is 12.7. The first-order chi connectivity index (χ1) is 10.2. The average molecular weight is 289 g/mol.